The van der Waals surface area contributed by atoms with Gasteiger partial charge in [0.15, 0.2) is 0 Å². The molecule has 0 saturated heterocycles. The van der Waals surface area contributed by atoms with E-state index in [0.29, 0.717) is 23.7 Å². The highest BCUT2D eigenvalue weighted by Gasteiger charge is 2.27. The van der Waals surface area contributed by atoms with Crippen molar-refractivity contribution in [3.8, 4) is 11.3 Å². The van der Waals surface area contributed by atoms with Gasteiger partial charge in [-0.25, -0.2) is 9.07 Å². The number of ketones is 1. The second-order valence-electron chi connectivity index (χ2n) is 8.09. The van der Waals surface area contributed by atoms with Crippen LogP contribution >= 0.6 is 0 Å². The molecule has 0 radical (unpaired) electrons. The smallest absolute Gasteiger partial charge is 0.228 e. The summed E-state index contributed by atoms with van der Waals surface area (Å²) in [5.74, 6) is 0.603. The van der Waals surface area contributed by atoms with E-state index in [-0.39, 0.29) is 31.0 Å². The Hall–Kier alpha value is -3.42. The van der Waals surface area contributed by atoms with E-state index in [2.05, 4.69) is 22.0 Å². The van der Waals surface area contributed by atoms with Crippen molar-refractivity contribution in [3.63, 3.8) is 0 Å². The summed E-state index contributed by atoms with van der Waals surface area (Å²) in [6.07, 6.45) is 4.82. The Bertz CT molecular complexity index is 1110. The molecule has 4 heterocycles. The zero-order valence-corrected chi connectivity index (χ0v) is 17.6. The normalized spacial score (nSPS) is 15.6. The van der Waals surface area contributed by atoms with E-state index < -0.39 is 5.82 Å². The van der Waals surface area contributed by atoms with Crippen LogP contribution in [0.4, 0.5) is 10.2 Å². The van der Waals surface area contributed by atoms with Crippen molar-refractivity contribution in [1.82, 2.24) is 19.7 Å². The number of carbonyl (C=O) groups excluding carboxylic acids is 2. The van der Waals surface area contributed by atoms with Crippen LogP contribution < -0.4 is 4.90 Å². The molecular weight excluding hydrogens is 397 g/mol. The molecule has 4 rings (SSSR count). The van der Waals surface area contributed by atoms with Gasteiger partial charge < -0.3 is 0 Å². The molecule has 1 atom stereocenters. The van der Waals surface area contributed by atoms with Gasteiger partial charge >= 0.3 is 0 Å². The van der Waals surface area contributed by atoms with Crippen molar-refractivity contribution in [3.05, 3.63) is 59.9 Å². The highest BCUT2D eigenvalue weighted by atomic mass is 19.1. The number of nitrogens with zero attached hydrogens (tertiary/aromatic N) is 5. The maximum atomic E-state index is 13.3. The molecule has 1 aliphatic rings. The van der Waals surface area contributed by atoms with E-state index in [4.69, 9.17) is 0 Å². The summed E-state index contributed by atoms with van der Waals surface area (Å²) in [6, 6.07) is 6.80. The Balaban J connectivity index is 1.34. The number of aryl methyl sites for hydroxylation is 1. The number of halogens is 1. The van der Waals surface area contributed by atoms with Gasteiger partial charge in [0, 0.05) is 56.4 Å². The Morgan fingerprint density at radius 2 is 1.97 bits per heavy atom. The predicted molar refractivity (Wildman–Crippen MR) is 114 cm³/mol. The van der Waals surface area contributed by atoms with Gasteiger partial charge in [0.25, 0.3) is 0 Å². The second kappa shape index (κ2) is 8.75. The van der Waals surface area contributed by atoms with Gasteiger partial charge in [0.05, 0.1) is 17.6 Å². The monoisotopic (exact) mass is 421 g/mol. The Kier molecular flexibility index (Phi) is 5.88. The first kappa shape index (κ1) is 20.8. The van der Waals surface area contributed by atoms with Gasteiger partial charge in [-0.05, 0) is 30.5 Å². The number of hydrogen-bond donors (Lipinski definition) is 0. The Morgan fingerprint density at radius 1 is 1.13 bits per heavy atom. The molecule has 8 heteroatoms. The molecule has 1 unspecified atom stereocenters. The van der Waals surface area contributed by atoms with E-state index in [1.165, 1.54) is 12.3 Å². The lowest BCUT2D eigenvalue weighted by molar-refractivity contribution is -0.123. The maximum Gasteiger partial charge on any atom is 0.228 e. The number of pyridine rings is 2. The maximum absolute atomic E-state index is 13.3. The summed E-state index contributed by atoms with van der Waals surface area (Å²) >= 11 is 0. The van der Waals surface area contributed by atoms with Gasteiger partial charge in [-0.15, -0.1) is 0 Å². The van der Waals surface area contributed by atoms with Crippen LogP contribution in [0.25, 0.3) is 11.3 Å². The van der Waals surface area contributed by atoms with Gasteiger partial charge in [0.2, 0.25) is 5.91 Å². The molecule has 1 aliphatic heterocycles. The summed E-state index contributed by atoms with van der Waals surface area (Å²) in [4.78, 5) is 35.1. The highest BCUT2D eigenvalue weighted by Crippen LogP contribution is 2.25. The zero-order chi connectivity index (χ0) is 22.0. The van der Waals surface area contributed by atoms with Crippen LogP contribution in [0.2, 0.25) is 0 Å². The van der Waals surface area contributed by atoms with Gasteiger partial charge in [-0.3, -0.25) is 24.5 Å². The fraction of sp³-hybridized carbons (Fsp3) is 0.348. The van der Waals surface area contributed by atoms with Crippen LogP contribution in [0.1, 0.15) is 31.0 Å². The lowest BCUT2D eigenvalue weighted by Gasteiger charge is -2.31. The molecule has 0 aliphatic carbocycles. The molecule has 0 aromatic carbocycles. The van der Waals surface area contributed by atoms with Crippen LogP contribution in [0.15, 0.2) is 42.9 Å². The van der Waals surface area contributed by atoms with E-state index in [1.54, 1.807) is 23.2 Å². The number of rotatable bonds is 6. The van der Waals surface area contributed by atoms with E-state index in [9.17, 15) is 14.0 Å². The van der Waals surface area contributed by atoms with Crippen molar-refractivity contribution in [2.75, 3.05) is 11.4 Å². The van der Waals surface area contributed by atoms with Gasteiger partial charge in [-0.2, -0.15) is 5.10 Å². The lowest BCUT2D eigenvalue weighted by atomic mass is 10.0. The number of anilines is 1. The number of aromatic nitrogens is 4. The minimum atomic E-state index is -0.426. The number of hydrogen-bond acceptors (Lipinski definition) is 5. The molecule has 31 heavy (non-hydrogen) atoms. The summed E-state index contributed by atoms with van der Waals surface area (Å²) in [5, 5.41) is 4.44. The fourth-order valence-electron chi connectivity index (χ4n) is 3.82. The summed E-state index contributed by atoms with van der Waals surface area (Å²) in [5.41, 5.74) is 2.80. The first-order chi connectivity index (χ1) is 14.9. The lowest BCUT2D eigenvalue weighted by Crippen LogP contribution is -2.41. The first-order valence-corrected chi connectivity index (χ1v) is 10.3. The van der Waals surface area contributed by atoms with Crippen molar-refractivity contribution < 1.29 is 14.0 Å². The van der Waals surface area contributed by atoms with Crippen LogP contribution in [-0.2, 0) is 22.6 Å². The minimum absolute atomic E-state index is 0.0231. The number of fused-ring (bicyclic) bond motifs is 1. The summed E-state index contributed by atoms with van der Waals surface area (Å²) in [6.45, 7) is 5.42. The van der Waals surface area contributed by atoms with Crippen LogP contribution in [0, 0.1) is 18.7 Å². The van der Waals surface area contributed by atoms with E-state index >= 15 is 0 Å². The topological polar surface area (TPSA) is 81.0 Å². The third kappa shape index (κ3) is 4.84. The summed E-state index contributed by atoms with van der Waals surface area (Å²) < 4.78 is 15.2. The van der Waals surface area contributed by atoms with Crippen LogP contribution in [0.5, 0.6) is 0 Å². The van der Waals surface area contributed by atoms with E-state index in [0.717, 1.165) is 29.8 Å². The van der Waals surface area contributed by atoms with E-state index in [1.807, 2.05) is 17.7 Å². The zero-order valence-electron chi connectivity index (χ0n) is 17.6. The standard InChI is InChI=1S/C23H24FN5O2/c1-15-13-28(22-7-16(2)27-29(22)14-15)23(31)6-4-20(30)8-17-3-5-21(26-10-17)18-9-19(24)12-25-11-18/h3,5,7,9-12,15H,4,6,8,13-14H2,1-2H3. The molecule has 3 aromatic rings. The molecule has 0 fully saturated rings. The van der Waals surface area contributed by atoms with Crippen molar-refractivity contribution in [2.24, 2.45) is 5.92 Å². The van der Waals surface area contributed by atoms with Crippen molar-refractivity contribution >= 4 is 17.5 Å². The SMILES string of the molecule is Cc1cc2n(n1)CC(C)CN2C(=O)CCC(=O)Cc1ccc(-c2cncc(F)c2)nc1. The molecule has 1 amide bonds. The molecule has 3 aromatic heterocycles. The average molecular weight is 421 g/mol. The largest absolute Gasteiger partial charge is 0.299 e. The fourth-order valence-corrected chi connectivity index (χ4v) is 3.82. The Morgan fingerprint density at radius 3 is 2.71 bits per heavy atom. The number of Topliss-reactive ketones (excluding diaryl/α,β-unsaturated/α-hetero) is 1. The third-order valence-corrected chi connectivity index (χ3v) is 5.28. The minimum Gasteiger partial charge on any atom is -0.299 e. The Labute approximate surface area is 179 Å². The summed E-state index contributed by atoms with van der Waals surface area (Å²) in [7, 11) is 0. The molecule has 0 bridgehead atoms. The van der Waals surface area contributed by atoms with Crippen LogP contribution in [-0.4, -0.2) is 38.0 Å². The van der Waals surface area contributed by atoms with Gasteiger partial charge in [-0.1, -0.05) is 13.0 Å². The molecular formula is C23H24FN5O2. The molecule has 7 nitrogen and oxygen atoms in total. The van der Waals surface area contributed by atoms with Crippen LogP contribution in [0.3, 0.4) is 0 Å². The van der Waals surface area contributed by atoms with Crippen molar-refractivity contribution in [2.45, 2.75) is 39.7 Å². The number of carbonyl (C=O) groups is 2. The highest BCUT2D eigenvalue weighted by molar-refractivity contribution is 5.95. The molecule has 0 saturated carbocycles. The quantitative estimate of drug-likeness (QED) is 0.610. The first-order valence-electron chi connectivity index (χ1n) is 10.3. The average Bonchev–Trinajstić information content (AvgIpc) is 3.11. The van der Waals surface area contributed by atoms with Crippen molar-refractivity contribution in [1.29, 1.82) is 0 Å². The third-order valence-electron chi connectivity index (χ3n) is 5.28. The molecule has 160 valence electrons. The van der Waals surface area contributed by atoms with Gasteiger partial charge in [0.1, 0.15) is 17.4 Å². The molecule has 0 spiro atoms. The molecule has 0 N–H and O–H groups in total. The predicted octanol–water partition coefficient (Wildman–Crippen LogP) is 3.36. The number of amides is 1. The second-order valence-corrected chi connectivity index (χ2v) is 8.09.